The number of benzene rings is 1. The van der Waals surface area contributed by atoms with Crippen molar-refractivity contribution in [1.82, 2.24) is 0 Å². The molecule has 0 saturated heterocycles. The van der Waals surface area contributed by atoms with Crippen LogP contribution in [0.3, 0.4) is 0 Å². The largest absolute Gasteiger partial charge is 0.496 e. The summed E-state index contributed by atoms with van der Waals surface area (Å²) < 4.78 is 5.24. The van der Waals surface area contributed by atoms with Gasteiger partial charge < -0.3 is 4.74 Å². The molecule has 0 bridgehead atoms. The average Bonchev–Trinajstić information content (AvgIpc) is 2.64. The van der Waals surface area contributed by atoms with E-state index in [2.05, 4.69) is 0 Å². The Balaban J connectivity index is 2.51. The molecule has 0 spiro atoms. The SMILES string of the molecule is COc1cccc(Cl)c1C1=CC(=O)CC1. The van der Waals surface area contributed by atoms with Crippen LogP contribution < -0.4 is 4.74 Å². The number of carbonyl (C=O) groups is 1. The zero-order valence-corrected chi connectivity index (χ0v) is 9.17. The highest BCUT2D eigenvalue weighted by Crippen LogP contribution is 2.37. The van der Waals surface area contributed by atoms with E-state index in [-0.39, 0.29) is 5.78 Å². The number of ether oxygens (including phenoxy) is 1. The third kappa shape index (κ3) is 1.90. The van der Waals surface area contributed by atoms with Gasteiger partial charge in [-0.25, -0.2) is 0 Å². The van der Waals surface area contributed by atoms with E-state index in [0.717, 1.165) is 23.3 Å². The number of rotatable bonds is 2. The molecule has 3 heteroatoms. The third-order valence-corrected chi connectivity index (χ3v) is 2.81. The second kappa shape index (κ2) is 4.07. The molecule has 0 unspecified atom stereocenters. The summed E-state index contributed by atoms with van der Waals surface area (Å²) in [6.07, 6.45) is 2.98. The normalized spacial score (nSPS) is 15.3. The van der Waals surface area contributed by atoms with Gasteiger partial charge in [0.2, 0.25) is 0 Å². The first kappa shape index (κ1) is 10.2. The molecule has 0 fully saturated rings. The van der Waals surface area contributed by atoms with Crippen LogP contribution in [0.1, 0.15) is 18.4 Å². The molecule has 0 aromatic heterocycles. The first-order valence-corrected chi connectivity index (χ1v) is 5.16. The molecule has 2 rings (SSSR count). The quantitative estimate of drug-likeness (QED) is 0.769. The van der Waals surface area contributed by atoms with E-state index >= 15 is 0 Å². The fraction of sp³-hybridized carbons (Fsp3) is 0.250. The lowest BCUT2D eigenvalue weighted by Gasteiger charge is -2.10. The zero-order valence-electron chi connectivity index (χ0n) is 8.42. The number of hydrogen-bond donors (Lipinski definition) is 0. The summed E-state index contributed by atoms with van der Waals surface area (Å²) in [5.41, 5.74) is 1.83. The Morgan fingerprint density at radius 3 is 2.73 bits per heavy atom. The molecule has 0 atom stereocenters. The molecule has 1 aliphatic carbocycles. The predicted octanol–water partition coefficient (Wildman–Crippen LogP) is 3.09. The molecule has 0 radical (unpaired) electrons. The van der Waals surface area contributed by atoms with Crippen molar-refractivity contribution in [2.24, 2.45) is 0 Å². The Labute approximate surface area is 93.5 Å². The second-order valence-electron chi connectivity index (χ2n) is 3.45. The Hall–Kier alpha value is -1.28. The number of halogens is 1. The van der Waals surface area contributed by atoms with Crippen molar-refractivity contribution in [1.29, 1.82) is 0 Å². The number of carbonyl (C=O) groups excluding carboxylic acids is 1. The van der Waals surface area contributed by atoms with Gasteiger partial charge in [0, 0.05) is 12.0 Å². The van der Waals surface area contributed by atoms with Crippen LogP contribution in [0.25, 0.3) is 5.57 Å². The Morgan fingerprint density at radius 1 is 1.33 bits per heavy atom. The highest BCUT2D eigenvalue weighted by atomic mass is 35.5. The monoisotopic (exact) mass is 222 g/mol. The van der Waals surface area contributed by atoms with E-state index in [1.165, 1.54) is 0 Å². The fourth-order valence-electron chi connectivity index (χ4n) is 1.78. The summed E-state index contributed by atoms with van der Waals surface area (Å²) in [6.45, 7) is 0. The fourth-order valence-corrected chi connectivity index (χ4v) is 2.07. The molecule has 0 saturated carbocycles. The van der Waals surface area contributed by atoms with Gasteiger partial charge in [-0.15, -0.1) is 0 Å². The molecule has 2 nitrogen and oxygen atoms in total. The maximum Gasteiger partial charge on any atom is 0.156 e. The van der Waals surface area contributed by atoms with E-state index in [0.29, 0.717) is 11.4 Å². The van der Waals surface area contributed by atoms with Crippen molar-refractivity contribution >= 4 is 23.0 Å². The Morgan fingerprint density at radius 2 is 2.13 bits per heavy atom. The summed E-state index contributed by atoms with van der Waals surface area (Å²) in [5.74, 6) is 0.885. The smallest absolute Gasteiger partial charge is 0.156 e. The minimum Gasteiger partial charge on any atom is -0.496 e. The van der Waals surface area contributed by atoms with Gasteiger partial charge in [-0.05, 0) is 30.2 Å². The maximum absolute atomic E-state index is 11.2. The first-order chi connectivity index (χ1) is 7.22. The van der Waals surface area contributed by atoms with Gasteiger partial charge in [0.1, 0.15) is 5.75 Å². The first-order valence-electron chi connectivity index (χ1n) is 4.78. The van der Waals surface area contributed by atoms with Crippen LogP contribution >= 0.6 is 11.6 Å². The van der Waals surface area contributed by atoms with Crippen LogP contribution in [0, 0.1) is 0 Å². The van der Waals surface area contributed by atoms with Gasteiger partial charge in [-0.3, -0.25) is 4.79 Å². The molecule has 0 aliphatic heterocycles. The van der Waals surface area contributed by atoms with Crippen LogP contribution in [-0.4, -0.2) is 12.9 Å². The highest BCUT2D eigenvalue weighted by Gasteiger charge is 2.18. The topological polar surface area (TPSA) is 26.3 Å². The third-order valence-electron chi connectivity index (χ3n) is 2.49. The summed E-state index contributed by atoms with van der Waals surface area (Å²) in [5, 5.41) is 0.635. The van der Waals surface area contributed by atoms with Gasteiger partial charge >= 0.3 is 0 Å². The van der Waals surface area contributed by atoms with E-state index < -0.39 is 0 Å². The molecular weight excluding hydrogens is 212 g/mol. The lowest BCUT2D eigenvalue weighted by molar-refractivity contribution is -0.114. The van der Waals surface area contributed by atoms with E-state index in [1.807, 2.05) is 18.2 Å². The summed E-state index contributed by atoms with van der Waals surface area (Å²) in [7, 11) is 1.60. The molecule has 1 aromatic rings. The number of ketones is 1. The Kier molecular flexibility index (Phi) is 2.78. The van der Waals surface area contributed by atoms with Gasteiger partial charge in [0.05, 0.1) is 12.1 Å². The number of methoxy groups -OCH3 is 1. The van der Waals surface area contributed by atoms with Crippen molar-refractivity contribution in [2.75, 3.05) is 7.11 Å². The maximum atomic E-state index is 11.2. The van der Waals surface area contributed by atoms with Crippen molar-refractivity contribution in [3.05, 3.63) is 34.9 Å². The van der Waals surface area contributed by atoms with Crippen molar-refractivity contribution < 1.29 is 9.53 Å². The molecule has 78 valence electrons. The predicted molar refractivity (Wildman–Crippen MR) is 60.2 cm³/mol. The summed E-state index contributed by atoms with van der Waals surface area (Å²) in [4.78, 5) is 11.2. The molecule has 0 N–H and O–H groups in total. The van der Waals surface area contributed by atoms with Gasteiger partial charge in [0.15, 0.2) is 5.78 Å². The number of allylic oxidation sites excluding steroid dienone is 2. The highest BCUT2D eigenvalue weighted by molar-refractivity contribution is 6.33. The van der Waals surface area contributed by atoms with E-state index in [1.54, 1.807) is 13.2 Å². The number of hydrogen-bond acceptors (Lipinski definition) is 2. The van der Waals surface area contributed by atoms with Crippen LogP contribution in [0.5, 0.6) is 5.75 Å². The van der Waals surface area contributed by atoms with Crippen molar-refractivity contribution in [3.63, 3.8) is 0 Å². The van der Waals surface area contributed by atoms with E-state index in [9.17, 15) is 4.79 Å². The van der Waals surface area contributed by atoms with Crippen LogP contribution in [0.2, 0.25) is 5.02 Å². The minimum absolute atomic E-state index is 0.159. The molecule has 1 aromatic carbocycles. The second-order valence-corrected chi connectivity index (χ2v) is 3.86. The van der Waals surface area contributed by atoms with Crippen LogP contribution in [0.15, 0.2) is 24.3 Å². The zero-order chi connectivity index (χ0) is 10.8. The van der Waals surface area contributed by atoms with Gasteiger partial charge in [-0.1, -0.05) is 17.7 Å². The Bertz CT molecular complexity index is 435. The van der Waals surface area contributed by atoms with Crippen LogP contribution in [-0.2, 0) is 4.79 Å². The van der Waals surface area contributed by atoms with Crippen molar-refractivity contribution in [3.8, 4) is 5.75 Å². The standard InChI is InChI=1S/C12H11ClO2/c1-15-11-4-2-3-10(13)12(11)8-5-6-9(14)7-8/h2-4,7H,5-6H2,1H3. The lowest BCUT2D eigenvalue weighted by Crippen LogP contribution is -1.91. The van der Waals surface area contributed by atoms with Gasteiger partial charge in [-0.2, -0.15) is 0 Å². The lowest BCUT2D eigenvalue weighted by atomic mass is 10.0. The van der Waals surface area contributed by atoms with E-state index in [4.69, 9.17) is 16.3 Å². The average molecular weight is 223 g/mol. The summed E-state index contributed by atoms with van der Waals surface area (Å²) in [6, 6.07) is 5.50. The molecule has 0 heterocycles. The minimum atomic E-state index is 0.159. The summed E-state index contributed by atoms with van der Waals surface area (Å²) >= 11 is 6.10. The van der Waals surface area contributed by atoms with Gasteiger partial charge in [0.25, 0.3) is 0 Å². The van der Waals surface area contributed by atoms with Crippen LogP contribution in [0.4, 0.5) is 0 Å². The van der Waals surface area contributed by atoms with Crippen molar-refractivity contribution in [2.45, 2.75) is 12.8 Å². The molecular formula is C12H11ClO2. The molecule has 1 aliphatic rings. The molecule has 15 heavy (non-hydrogen) atoms. The molecule has 0 amide bonds.